The molecule has 0 aliphatic carbocycles. The summed E-state index contributed by atoms with van der Waals surface area (Å²) in [6.07, 6.45) is 10.4. The molecular formula is C15H31NO. The first-order valence-corrected chi connectivity index (χ1v) is 7.33. The van der Waals surface area contributed by atoms with Crippen LogP contribution in [0.25, 0.3) is 0 Å². The number of hydrogen-bond acceptors (Lipinski definition) is 1. The lowest BCUT2D eigenvalue weighted by atomic mass is 9.92. The van der Waals surface area contributed by atoms with E-state index in [0.29, 0.717) is 5.92 Å². The van der Waals surface area contributed by atoms with Crippen LogP contribution in [0.2, 0.25) is 0 Å². The summed E-state index contributed by atoms with van der Waals surface area (Å²) in [6, 6.07) is 0. The van der Waals surface area contributed by atoms with Gasteiger partial charge in [0.05, 0.1) is 0 Å². The van der Waals surface area contributed by atoms with E-state index in [4.69, 9.17) is 0 Å². The van der Waals surface area contributed by atoms with Crippen molar-refractivity contribution < 1.29 is 4.79 Å². The van der Waals surface area contributed by atoms with Gasteiger partial charge < -0.3 is 5.32 Å². The van der Waals surface area contributed by atoms with Gasteiger partial charge in [0.2, 0.25) is 5.91 Å². The van der Waals surface area contributed by atoms with Crippen LogP contribution in [0, 0.1) is 11.8 Å². The topological polar surface area (TPSA) is 29.1 Å². The molecule has 0 fully saturated rings. The normalized spacial score (nSPS) is 14.4. The van der Waals surface area contributed by atoms with Crippen LogP contribution in [0.3, 0.4) is 0 Å². The van der Waals surface area contributed by atoms with Gasteiger partial charge in [-0.2, -0.15) is 0 Å². The van der Waals surface area contributed by atoms with Gasteiger partial charge in [0.1, 0.15) is 0 Å². The summed E-state index contributed by atoms with van der Waals surface area (Å²) in [5.74, 6) is 1.02. The number of carbonyl (C=O) groups is 1. The van der Waals surface area contributed by atoms with Gasteiger partial charge >= 0.3 is 0 Å². The summed E-state index contributed by atoms with van der Waals surface area (Å²) in [6.45, 7) is 6.55. The monoisotopic (exact) mass is 241 g/mol. The first-order valence-electron chi connectivity index (χ1n) is 7.33. The fourth-order valence-electron chi connectivity index (χ4n) is 2.35. The smallest absolute Gasteiger partial charge is 0.222 e. The number of carbonyl (C=O) groups excluding carboxylic acids is 1. The van der Waals surface area contributed by atoms with Crippen molar-refractivity contribution in [3.05, 3.63) is 0 Å². The Hall–Kier alpha value is -0.530. The highest BCUT2D eigenvalue weighted by atomic mass is 16.1. The second kappa shape index (κ2) is 10.6. The highest BCUT2D eigenvalue weighted by Gasteiger charge is 2.14. The number of amides is 1. The molecule has 0 aromatic carbocycles. The zero-order valence-corrected chi connectivity index (χ0v) is 12.2. The van der Waals surface area contributed by atoms with E-state index in [1.54, 1.807) is 7.05 Å². The first-order chi connectivity index (χ1) is 8.11. The predicted molar refractivity (Wildman–Crippen MR) is 75.0 cm³/mol. The van der Waals surface area contributed by atoms with E-state index in [1.807, 2.05) is 6.92 Å². The van der Waals surface area contributed by atoms with Crippen LogP contribution in [0.15, 0.2) is 0 Å². The van der Waals surface area contributed by atoms with Crippen molar-refractivity contribution in [2.75, 3.05) is 7.05 Å². The number of unbranched alkanes of at least 4 members (excludes halogenated alkanes) is 5. The number of nitrogens with one attached hydrogen (secondary N) is 1. The molecule has 2 nitrogen and oxygen atoms in total. The van der Waals surface area contributed by atoms with Gasteiger partial charge in [-0.05, 0) is 12.3 Å². The molecule has 0 aliphatic rings. The zero-order valence-electron chi connectivity index (χ0n) is 12.2. The van der Waals surface area contributed by atoms with Crippen molar-refractivity contribution in [3.63, 3.8) is 0 Å². The van der Waals surface area contributed by atoms with Crippen LogP contribution in [-0.2, 0) is 4.79 Å². The third-order valence-corrected chi connectivity index (χ3v) is 3.50. The van der Waals surface area contributed by atoms with Crippen molar-refractivity contribution in [1.29, 1.82) is 0 Å². The Morgan fingerprint density at radius 1 is 1.06 bits per heavy atom. The Labute approximate surface area is 108 Å². The van der Waals surface area contributed by atoms with E-state index in [0.717, 1.165) is 6.42 Å². The minimum absolute atomic E-state index is 0.162. The molecule has 0 heterocycles. The average molecular weight is 241 g/mol. The Bertz CT molecular complexity index is 191. The summed E-state index contributed by atoms with van der Waals surface area (Å²) >= 11 is 0. The van der Waals surface area contributed by atoms with E-state index in [2.05, 4.69) is 19.2 Å². The fourth-order valence-corrected chi connectivity index (χ4v) is 2.35. The molecule has 0 saturated heterocycles. The van der Waals surface area contributed by atoms with Crippen LogP contribution >= 0.6 is 0 Å². The van der Waals surface area contributed by atoms with Crippen molar-refractivity contribution in [1.82, 2.24) is 5.32 Å². The highest BCUT2D eigenvalue weighted by molar-refractivity contribution is 5.77. The van der Waals surface area contributed by atoms with Gasteiger partial charge in [0.15, 0.2) is 0 Å². The highest BCUT2D eigenvalue weighted by Crippen LogP contribution is 2.19. The number of hydrogen-bond donors (Lipinski definition) is 1. The molecule has 2 atom stereocenters. The minimum Gasteiger partial charge on any atom is -0.359 e. The summed E-state index contributed by atoms with van der Waals surface area (Å²) < 4.78 is 0. The molecule has 102 valence electrons. The molecule has 0 aromatic rings. The second-order valence-corrected chi connectivity index (χ2v) is 5.41. The first kappa shape index (κ1) is 16.5. The summed E-state index contributed by atoms with van der Waals surface area (Å²) in [4.78, 5) is 11.4. The van der Waals surface area contributed by atoms with Gasteiger partial charge in [-0.1, -0.05) is 65.7 Å². The van der Waals surface area contributed by atoms with E-state index < -0.39 is 0 Å². The largest absolute Gasteiger partial charge is 0.359 e. The molecule has 0 unspecified atom stereocenters. The maximum atomic E-state index is 11.4. The Morgan fingerprint density at radius 3 is 2.24 bits per heavy atom. The second-order valence-electron chi connectivity index (χ2n) is 5.41. The van der Waals surface area contributed by atoms with Gasteiger partial charge in [0.25, 0.3) is 0 Å². The van der Waals surface area contributed by atoms with Gasteiger partial charge in [-0.3, -0.25) is 4.79 Å². The van der Waals surface area contributed by atoms with E-state index in [-0.39, 0.29) is 11.8 Å². The standard InChI is InChI=1S/C15H31NO/c1-5-6-7-8-9-10-11-13(2)12-14(3)15(17)16-4/h13-14H,5-12H2,1-4H3,(H,16,17)/t13-,14+/m1/s1. The van der Waals surface area contributed by atoms with Crippen LogP contribution in [-0.4, -0.2) is 13.0 Å². The third kappa shape index (κ3) is 9.20. The molecule has 0 spiro atoms. The Balaban J connectivity index is 3.46. The lowest BCUT2D eigenvalue weighted by Gasteiger charge is -2.15. The summed E-state index contributed by atoms with van der Waals surface area (Å²) in [5, 5.41) is 2.72. The molecule has 2 heteroatoms. The molecule has 0 aliphatic heterocycles. The molecule has 1 N–H and O–H groups in total. The lowest BCUT2D eigenvalue weighted by molar-refractivity contribution is -0.124. The van der Waals surface area contributed by atoms with E-state index >= 15 is 0 Å². The number of rotatable bonds is 10. The van der Waals surface area contributed by atoms with Crippen LogP contribution in [0.5, 0.6) is 0 Å². The maximum absolute atomic E-state index is 11.4. The zero-order chi connectivity index (χ0) is 13.1. The minimum atomic E-state index is 0.162. The molecule has 0 aromatic heterocycles. The quantitative estimate of drug-likeness (QED) is 0.572. The molecular weight excluding hydrogens is 210 g/mol. The Kier molecular flexibility index (Phi) is 10.3. The maximum Gasteiger partial charge on any atom is 0.222 e. The fraction of sp³-hybridized carbons (Fsp3) is 0.933. The van der Waals surface area contributed by atoms with Crippen molar-refractivity contribution in [2.45, 2.75) is 72.1 Å². The molecule has 0 saturated carbocycles. The molecule has 0 bridgehead atoms. The predicted octanol–water partition coefficient (Wildman–Crippen LogP) is 4.15. The van der Waals surface area contributed by atoms with Gasteiger partial charge in [-0.15, -0.1) is 0 Å². The molecule has 17 heavy (non-hydrogen) atoms. The molecule has 0 rings (SSSR count). The van der Waals surface area contributed by atoms with Gasteiger partial charge in [0, 0.05) is 13.0 Å². The lowest BCUT2D eigenvalue weighted by Crippen LogP contribution is -2.26. The molecule has 0 radical (unpaired) electrons. The SMILES string of the molecule is CCCCCCCC[C@@H](C)C[C@H](C)C(=O)NC. The summed E-state index contributed by atoms with van der Waals surface area (Å²) in [7, 11) is 1.72. The van der Waals surface area contributed by atoms with Crippen LogP contribution in [0.1, 0.15) is 72.1 Å². The van der Waals surface area contributed by atoms with E-state index in [1.165, 1.54) is 44.9 Å². The van der Waals surface area contributed by atoms with Crippen molar-refractivity contribution in [2.24, 2.45) is 11.8 Å². The molecule has 1 amide bonds. The third-order valence-electron chi connectivity index (χ3n) is 3.50. The van der Waals surface area contributed by atoms with Gasteiger partial charge in [-0.25, -0.2) is 0 Å². The summed E-state index contributed by atoms with van der Waals surface area (Å²) in [5.41, 5.74) is 0. The van der Waals surface area contributed by atoms with Crippen LogP contribution < -0.4 is 5.32 Å². The van der Waals surface area contributed by atoms with Crippen molar-refractivity contribution in [3.8, 4) is 0 Å². The van der Waals surface area contributed by atoms with Crippen molar-refractivity contribution >= 4 is 5.91 Å². The average Bonchev–Trinajstić information content (AvgIpc) is 2.32. The van der Waals surface area contributed by atoms with E-state index in [9.17, 15) is 4.79 Å². The Morgan fingerprint density at radius 2 is 1.65 bits per heavy atom. The van der Waals surface area contributed by atoms with Crippen LogP contribution in [0.4, 0.5) is 0 Å².